The third-order valence-electron chi connectivity index (χ3n) is 6.10. The molecule has 1 aromatic heterocycles. The summed E-state index contributed by atoms with van der Waals surface area (Å²) in [5.41, 5.74) is -0.405. The van der Waals surface area contributed by atoms with Crippen LogP contribution in [0.2, 0.25) is 5.02 Å². The normalized spacial score (nSPS) is 19.9. The number of alkyl halides is 3. The molecule has 13 heteroatoms. The zero-order chi connectivity index (χ0) is 24.7. The number of hydrogen-bond donors (Lipinski definition) is 0. The first-order valence-electron chi connectivity index (χ1n) is 10.6. The number of sulfone groups is 1. The molecule has 182 valence electrons. The highest BCUT2D eigenvalue weighted by Crippen LogP contribution is 2.35. The van der Waals surface area contributed by atoms with Crippen LogP contribution in [0.1, 0.15) is 17.9 Å². The number of aromatic nitrogens is 2. The van der Waals surface area contributed by atoms with Gasteiger partial charge in [-0.25, -0.2) is 18.4 Å². The SMILES string of the molecule is CN1CCN(c2ccc(S(=O)(=O)C3CCN(c4cc(C(F)(F)F)nc(C#N)n4)C3)c(Cl)c2)CC1. The summed E-state index contributed by atoms with van der Waals surface area (Å²) in [6, 6.07) is 7.12. The predicted octanol–water partition coefficient (Wildman–Crippen LogP) is 2.82. The third-order valence-corrected chi connectivity index (χ3v) is 8.76. The van der Waals surface area contributed by atoms with Crippen molar-refractivity contribution in [3.8, 4) is 6.07 Å². The molecule has 0 bridgehead atoms. The molecular formula is C21H22ClF3N6O2S. The van der Waals surface area contributed by atoms with Crippen molar-refractivity contribution in [1.82, 2.24) is 14.9 Å². The number of halogens is 4. The van der Waals surface area contributed by atoms with Crippen molar-refractivity contribution < 1.29 is 21.6 Å². The summed E-state index contributed by atoms with van der Waals surface area (Å²) >= 11 is 6.39. The Morgan fingerprint density at radius 3 is 2.41 bits per heavy atom. The van der Waals surface area contributed by atoms with Crippen molar-refractivity contribution in [3.63, 3.8) is 0 Å². The largest absolute Gasteiger partial charge is 0.433 e. The summed E-state index contributed by atoms with van der Waals surface area (Å²) in [5.74, 6) is -0.758. The molecule has 0 saturated carbocycles. The fraction of sp³-hybridized carbons (Fsp3) is 0.476. The van der Waals surface area contributed by atoms with Gasteiger partial charge in [-0.05, 0) is 31.7 Å². The fourth-order valence-electron chi connectivity index (χ4n) is 4.14. The average molecular weight is 515 g/mol. The first kappa shape index (κ1) is 24.5. The lowest BCUT2D eigenvalue weighted by Gasteiger charge is -2.34. The van der Waals surface area contributed by atoms with Gasteiger partial charge in [-0.2, -0.15) is 18.4 Å². The molecular weight excluding hydrogens is 493 g/mol. The van der Waals surface area contributed by atoms with Crippen molar-refractivity contribution in [2.75, 3.05) is 56.1 Å². The maximum absolute atomic E-state index is 13.3. The van der Waals surface area contributed by atoms with Gasteiger partial charge in [0, 0.05) is 51.0 Å². The molecule has 1 atom stereocenters. The van der Waals surface area contributed by atoms with E-state index in [2.05, 4.69) is 19.8 Å². The molecule has 8 nitrogen and oxygen atoms in total. The Morgan fingerprint density at radius 1 is 1.09 bits per heavy atom. The van der Waals surface area contributed by atoms with Crippen LogP contribution < -0.4 is 9.80 Å². The molecule has 2 aliphatic rings. The van der Waals surface area contributed by atoms with Crippen LogP contribution in [0.25, 0.3) is 0 Å². The fourth-order valence-corrected chi connectivity index (χ4v) is 6.38. The van der Waals surface area contributed by atoms with E-state index in [1.807, 2.05) is 7.05 Å². The molecule has 2 fully saturated rings. The van der Waals surface area contributed by atoms with Crippen LogP contribution in [0.3, 0.4) is 0 Å². The maximum atomic E-state index is 13.3. The highest BCUT2D eigenvalue weighted by molar-refractivity contribution is 7.92. The number of rotatable bonds is 4. The molecule has 1 aromatic carbocycles. The molecule has 2 saturated heterocycles. The van der Waals surface area contributed by atoms with Crippen molar-refractivity contribution in [1.29, 1.82) is 5.26 Å². The Bertz CT molecular complexity index is 1230. The molecule has 0 amide bonds. The summed E-state index contributed by atoms with van der Waals surface area (Å²) in [7, 11) is -1.81. The first-order valence-corrected chi connectivity index (χ1v) is 12.5. The zero-order valence-electron chi connectivity index (χ0n) is 18.3. The van der Waals surface area contributed by atoms with E-state index in [9.17, 15) is 21.6 Å². The topological polar surface area (TPSA) is 93.4 Å². The quantitative estimate of drug-likeness (QED) is 0.615. The van der Waals surface area contributed by atoms with Gasteiger partial charge in [-0.1, -0.05) is 11.6 Å². The Hall–Kier alpha value is -2.62. The average Bonchev–Trinajstić information content (AvgIpc) is 3.30. The van der Waals surface area contributed by atoms with Crippen molar-refractivity contribution >= 4 is 32.9 Å². The van der Waals surface area contributed by atoms with Crippen LogP contribution in [0.5, 0.6) is 0 Å². The second-order valence-corrected chi connectivity index (χ2v) is 11.0. The molecule has 0 N–H and O–H groups in total. The minimum atomic E-state index is -4.76. The number of likely N-dealkylation sites (N-methyl/N-ethyl adjacent to an activating group) is 1. The highest BCUT2D eigenvalue weighted by atomic mass is 35.5. The smallest absolute Gasteiger partial charge is 0.369 e. The van der Waals surface area contributed by atoms with Gasteiger partial charge in [-0.15, -0.1) is 0 Å². The van der Waals surface area contributed by atoms with Crippen LogP contribution in [0, 0.1) is 11.3 Å². The van der Waals surface area contributed by atoms with E-state index in [1.54, 1.807) is 12.1 Å². The van der Waals surface area contributed by atoms with Crippen molar-refractivity contribution in [2.24, 2.45) is 0 Å². The van der Waals surface area contributed by atoms with Gasteiger partial charge in [0.1, 0.15) is 11.9 Å². The van der Waals surface area contributed by atoms with Crippen LogP contribution in [-0.2, 0) is 16.0 Å². The van der Waals surface area contributed by atoms with Crippen LogP contribution in [-0.4, -0.2) is 74.9 Å². The van der Waals surface area contributed by atoms with E-state index in [1.165, 1.54) is 17.0 Å². The molecule has 0 radical (unpaired) electrons. The molecule has 2 aliphatic heterocycles. The Kier molecular flexibility index (Phi) is 6.63. The summed E-state index contributed by atoms with van der Waals surface area (Å²) < 4.78 is 66.1. The molecule has 0 aliphatic carbocycles. The number of nitriles is 1. The van der Waals surface area contributed by atoms with E-state index in [0.29, 0.717) is 0 Å². The lowest BCUT2D eigenvalue weighted by molar-refractivity contribution is -0.141. The van der Waals surface area contributed by atoms with E-state index in [0.717, 1.165) is 37.9 Å². The first-order chi connectivity index (χ1) is 16.0. The van der Waals surface area contributed by atoms with Gasteiger partial charge >= 0.3 is 6.18 Å². The third kappa shape index (κ3) is 4.92. The van der Waals surface area contributed by atoms with Gasteiger partial charge in [0.15, 0.2) is 15.5 Å². The lowest BCUT2D eigenvalue weighted by atomic mass is 10.2. The number of nitrogens with zero attached hydrogens (tertiary/aromatic N) is 6. The molecule has 1 unspecified atom stereocenters. The minimum absolute atomic E-state index is 0.00437. The van der Waals surface area contributed by atoms with E-state index < -0.39 is 32.8 Å². The summed E-state index contributed by atoms with van der Waals surface area (Å²) in [6.45, 7) is 3.49. The van der Waals surface area contributed by atoms with Gasteiger partial charge < -0.3 is 14.7 Å². The highest BCUT2D eigenvalue weighted by Gasteiger charge is 2.38. The van der Waals surface area contributed by atoms with E-state index in [4.69, 9.17) is 16.9 Å². The number of anilines is 2. The van der Waals surface area contributed by atoms with Gasteiger partial charge in [0.2, 0.25) is 5.82 Å². The van der Waals surface area contributed by atoms with E-state index in [-0.39, 0.29) is 35.2 Å². The maximum Gasteiger partial charge on any atom is 0.433 e. The monoisotopic (exact) mass is 514 g/mol. The van der Waals surface area contributed by atoms with Crippen LogP contribution >= 0.6 is 11.6 Å². The van der Waals surface area contributed by atoms with Crippen molar-refractivity contribution in [3.05, 3.63) is 40.8 Å². The number of benzene rings is 1. The second kappa shape index (κ2) is 9.20. The lowest BCUT2D eigenvalue weighted by Crippen LogP contribution is -2.44. The number of hydrogen-bond acceptors (Lipinski definition) is 8. The van der Waals surface area contributed by atoms with Gasteiger partial charge in [-0.3, -0.25) is 0 Å². The Morgan fingerprint density at radius 2 is 1.79 bits per heavy atom. The molecule has 4 rings (SSSR count). The van der Waals surface area contributed by atoms with Gasteiger partial charge in [0.25, 0.3) is 0 Å². The van der Waals surface area contributed by atoms with Crippen molar-refractivity contribution in [2.45, 2.75) is 22.7 Å². The van der Waals surface area contributed by atoms with Crippen LogP contribution in [0.15, 0.2) is 29.2 Å². The summed E-state index contributed by atoms with van der Waals surface area (Å²) in [5, 5.41) is 8.24. The molecule has 2 aromatic rings. The van der Waals surface area contributed by atoms with Gasteiger partial charge in [0.05, 0.1) is 15.2 Å². The minimum Gasteiger partial charge on any atom is -0.369 e. The standard InChI is InChI=1S/C21H22ClF3N6O2S/c1-29-6-8-30(9-7-29)14-2-3-17(16(22)10-14)34(32,33)15-4-5-31(13-15)20-11-18(21(23,24)25)27-19(12-26)28-20/h2-3,10-11,15H,4-9,13H2,1H3. The summed E-state index contributed by atoms with van der Waals surface area (Å²) in [6.07, 6.45) is -4.57. The Balaban J connectivity index is 1.54. The summed E-state index contributed by atoms with van der Waals surface area (Å²) in [4.78, 5) is 12.8. The molecule has 34 heavy (non-hydrogen) atoms. The Labute approximate surface area is 200 Å². The molecule has 3 heterocycles. The predicted molar refractivity (Wildman–Crippen MR) is 121 cm³/mol. The molecule has 0 spiro atoms. The zero-order valence-corrected chi connectivity index (χ0v) is 19.8. The van der Waals surface area contributed by atoms with Crippen LogP contribution in [0.4, 0.5) is 24.7 Å². The van der Waals surface area contributed by atoms with E-state index >= 15 is 0 Å². The second-order valence-electron chi connectivity index (χ2n) is 8.35. The number of piperazine rings is 1.